The number of aromatic nitrogens is 4. The summed E-state index contributed by atoms with van der Waals surface area (Å²) in [5, 5.41) is 15.1. The lowest BCUT2D eigenvalue weighted by molar-refractivity contribution is -0.117. The Bertz CT molecular complexity index is 1030. The average molecular weight is 380 g/mol. The highest BCUT2D eigenvalue weighted by Crippen LogP contribution is 2.32. The predicted octanol–water partition coefficient (Wildman–Crippen LogP) is 2.07. The van der Waals surface area contributed by atoms with Gasteiger partial charge < -0.3 is 15.4 Å². The van der Waals surface area contributed by atoms with E-state index >= 15 is 0 Å². The predicted molar refractivity (Wildman–Crippen MR) is 105 cm³/mol. The van der Waals surface area contributed by atoms with E-state index in [0.717, 1.165) is 41.9 Å². The third-order valence-electron chi connectivity index (χ3n) is 5.65. The zero-order chi connectivity index (χ0) is 19.3. The van der Waals surface area contributed by atoms with Gasteiger partial charge in [-0.25, -0.2) is 4.52 Å². The number of nitrogens with one attached hydrogen (secondary N) is 2. The molecule has 3 aromatic heterocycles. The second-order valence-electron chi connectivity index (χ2n) is 7.86. The number of hydrogen-bond acceptors (Lipinski definition) is 5. The van der Waals surface area contributed by atoms with Crippen molar-refractivity contribution in [2.75, 3.05) is 18.5 Å². The van der Waals surface area contributed by atoms with Crippen molar-refractivity contribution in [1.82, 2.24) is 24.7 Å². The summed E-state index contributed by atoms with van der Waals surface area (Å²) in [5.74, 6) is 2.20. The number of amides is 1. The molecule has 1 saturated heterocycles. The number of fused-ring (bicyclic) bond motifs is 1. The van der Waals surface area contributed by atoms with Gasteiger partial charge in [0.2, 0.25) is 5.91 Å². The van der Waals surface area contributed by atoms with Crippen molar-refractivity contribution in [2.45, 2.75) is 25.8 Å². The van der Waals surface area contributed by atoms with E-state index in [4.69, 9.17) is 4.74 Å². The summed E-state index contributed by atoms with van der Waals surface area (Å²) in [4.78, 5) is 12.0. The number of nitrogens with zero attached hydrogens (tertiary/aromatic N) is 4. The van der Waals surface area contributed by atoms with Crippen LogP contribution in [0.5, 0.6) is 5.75 Å². The molecule has 2 N–H and O–H groups in total. The van der Waals surface area contributed by atoms with Gasteiger partial charge >= 0.3 is 0 Å². The van der Waals surface area contributed by atoms with Gasteiger partial charge in [0.15, 0.2) is 11.6 Å². The number of anilines is 1. The minimum Gasteiger partial charge on any atom is -0.488 e. The van der Waals surface area contributed by atoms with E-state index in [2.05, 4.69) is 27.8 Å². The molecule has 5 rings (SSSR count). The molecule has 1 saturated carbocycles. The van der Waals surface area contributed by atoms with Gasteiger partial charge in [0.05, 0.1) is 11.7 Å². The van der Waals surface area contributed by atoms with Crippen molar-refractivity contribution in [3.8, 4) is 17.0 Å². The summed E-state index contributed by atoms with van der Waals surface area (Å²) in [6, 6.07) is 6.30. The van der Waals surface area contributed by atoms with Crippen LogP contribution in [-0.2, 0) is 11.8 Å². The molecule has 0 aromatic carbocycles. The molecule has 0 spiro atoms. The Morgan fingerprint density at radius 1 is 1.39 bits per heavy atom. The summed E-state index contributed by atoms with van der Waals surface area (Å²) in [6.07, 6.45) is 5.61. The van der Waals surface area contributed by atoms with Gasteiger partial charge in [-0.2, -0.15) is 10.2 Å². The minimum atomic E-state index is 0.0600. The highest BCUT2D eigenvalue weighted by molar-refractivity contribution is 5.93. The van der Waals surface area contributed by atoms with Gasteiger partial charge in [0.25, 0.3) is 0 Å². The van der Waals surface area contributed by atoms with Crippen LogP contribution in [0.3, 0.4) is 0 Å². The Labute approximate surface area is 162 Å². The zero-order valence-electron chi connectivity index (χ0n) is 16.1. The van der Waals surface area contributed by atoms with Crippen molar-refractivity contribution in [2.24, 2.45) is 18.9 Å². The topological polar surface area (TPSA) is 85.5 Å². The number of pyridine rings is 1. The van der Waals surface area contributed by atoms with Crippen molar-refractivity contribution in [3.05, 3.63) is 30.6 Å². The molecule has 2 aliphatic rings. The van der Waals surface area contributed by atoms with Gasteiger partial charge in [-0.3, -0.25) is 9.48 Å². The number of carbonyl (C=O) groups excluding carboxylic acids is 1. The van der Waals surface area contributed by atoms with E-state index in [0.29, 0.717) is 24.4 Å². The first kappa shape index (κ1) is 17.2. The van der Waals surface area contributed by atoms with E-state index in [1.54, 1.807) is 10.7 Å². The fraction of sp³-hybridized carbons (Fsp3) is 0.450. The SMILES string of the molecule is C[C@@H]1CN[C@H]1COc1cnn(C)c1-c1ccn2nc(NC(=O)C3CC3)cc2c1. The number of carbonyl (C=O) groups is 1. The molecule has 8 nitrogen and oxygen atoms in total. The highest BCUT2D eigenvalue weighted by Gasteiger charge is 2.30. The molecule has 1 amide bonds. The zero-order valence-corrected chi connectivity index (χ0v) is 16.1. The molecule has 28 heavy (non-hydrogen) atoms. The van der Waals surface area contributed by atoms with E-state index < -0.39 is 0 Å². The third kappa shape index (κ3) is 3.13. The molecule has 1 aliphatic carbocycles. The number of aryl methyl sites for hydroxylation is 1. The Hall–Kier alpha value is -2.87. The quantitative estimate of drug-likeness (QED) is 0.684. The Morgan fingerprint density at radius 3 is 2.96 bits per heavy atom. The third-order valence-corrected chi connectivity index (χ3v) is 5.65. The van der Waals surface area contributed by atoms with Crippen LogP contribution >= 0.6 is 0 Å². The van der Waals surface area contributed by atoms with Gasteiger partial charge in [-0.15, -0.1) is 0 Å². The molecule has 2 fully saturated rings. The Morgan fingerprint density at radius 2 is 2.25 bits per heavy atom. The van der Waals surface area contributed by atoms with Crippen LogP contribution in [-0.4, -0.2) is 44.5 Å². The molecular weight excluding hydrogens is 356 g/mol. The van der Waals surface area contributed by atoms with Crippen molar-refractivity contribution >= 4 is 17.2 Å². The van der Waals surface area contributed by atoms with Crippen LogP contribution in [0.25, 0.3) is 16.8 Å². The average Bonchev–Trinajstić information content (AvgIpc) is 3.36. The standard InChI is InChI=1S/C20H24N6O2/c1-12-9-21-16(12)11-28-17-10-22-25(2)19(17)14-5-6-26-15(7-14)8-18(24-26)23-20(27)13-3-4-13/h5-8,10,12-13,16,21H,3-4,9,11H2,1-2H3,(H,23,24,27)/t12-,16+/m1/s1. The fourth-order valence-electron chi connectivity index (χ4n) is 3.55. The lowest BCUT2D eigenvalue weighted by Crippen LogP contribution is -2.54. The van der Waals surface area contributed by atoms with E-state index in [9.17, 15) is 4.79 Å². The second-order valence-corrected chi connectivity index (χ2v) is 7.86. The molecule has 146 valence electrons. The summed E-state index contributed by atoms with van der Waals surface area (Å²) < 4.78 is 9.66. The van der Waals surface area contributed by atoms with E-state index in [1.165, 1.54) is 0 Å². The molecule has 2 atom stereocenters. The molecule has 4 heterocycles. The van der Waals surface area contributed by atoms with Crippen LogP contribution in [0, 0.1) is 11.8 Å². The number of rotatable bonds is 6. The van der Waals surface area contributed by atoms with E-state index in [1.807, 2.05) is 36.1 Å². The first-order valence-corrected chi connectivity index (χ1v) is 9.77. The molecular formula is C20H24N6O2. The van der Waals surface area contributed by atoms with Crippen LogP contribution in [0.15, 0.2) is 30.6 Å². The van der Waals surface area contributed by atoms with Crippen LogP contribution in [0.1, 0.15) is 19.8 Å². The van der Waals surface area contributed by atoms with Crippen molar-refractivity contribution in [1.29, 1.82) is 0 Å². The largest absolute Gasteiger partial charge is 0.488 e. The molecule has 0 bridgehead atoms. The van der Waals surface area contributed by atoms with Gasteiger partial charge in [-0.1, -0.05) is 6.92 Å². The normalized spacial score (nSPS) is 21.5. The maximum Gasteiger partial charge on any atom is 0.228 e. The van der Waals surface area contributed by atoms with Crippen LogP contribution in [0.4, 0.5) is 5.82 Å². The highest BCUT2D eigenvalue weighted by atomic mass is 16.5. The molecule has 8 heteroatoms. The maximum atomic E-state index is 12.0. The first-order chi connectivity index (χ1) is 13.6. The Kier molecular flexibility index (Phi) is 4.08. The van der Waals surface area contributed by atoms with Gasteiger partial charge in [0, 0.05) is 36.8 Å². The van der Waals surface area contributed by atoms with Crippen LogP contribution < -0.4 is 15.4 Å². The summed E-state index contributed by atoms with van der Waals surface area (Å²) in [7, 11) is 1.91. The molecule has 0 unspecified atom stereocenters. The molecule has 3 aromatic rings. The summed E-state index contributed by atoms with van der Waals surface area (Å²) in [5.41, 5.74) is 2.83. The minimum absolute atomic E-state index is 0.0600. The lowest BCUT2D eigenvalue weighted by Gasteiger charge is -2.35. The van der Waals surface area contributed by atoms with Gasteiger partial charge in [0.1, 0.15) is 12.3 Å². The Balaban J connectivity index is 1.39. The summed E-state index contributed by atoms with van der Waals surface area (Å²) >= 11 is 0. The van der Waals surface area contributed by atoms with Crippen molar-refractivity contribution in [3.63, 3.8) is 0 Å². The van der Waals surface area contributed by atoms with Crippen molar-refractivity contribution < 1.29 is 9.53 Å². The first-order valence-electron chi connectivity index (χ1n) is 9.77. The number of ether oxygens (including phenoxy) is 1. The van der Waals surface area contributed by atoms with Crippen LogP contribution in [0.2, 0.25) is 0 Å². The lowest BCUT2D eigenvalue weighted by atomic mass is 9.95. The maximum absolute atomic E-state index is 12.0. The van der Waals surface area contributed by atoms with Gasteiger partial charge in [-0.05, 0) is 37.4 Å². The monoisotopic (exact) mass is 380 g/mol. The molecule has 0 radical (unpaired) electrons. The smallest absolute Gasteiger partial charge is 0.228 e. The second kappa shape index (κ2) is 6.63. The molecule has 1 aliphatic heterocycles. The number of hydrogen-bond donors (Lipinski definition) is 2. The fourth-order valence-corrected chi connectivity index (χ4v) is 3.55. The summed E-state index contributed by atoms with van der Waals surface area (Å²) in [6.45, 7) is 3.90. The van der Waals surface area contributed by atoms with E-state index in [-0.39, 0.29) is 11.8 Å².